The molecule has 25 heavy (non-hydrogen) atoms. The van der Waals surface area contributed by atoms with Gasteiger partial charge in [0.2, 0.25) is 6.79 Å². The summed E-state index contributed by atoms with van der Waals surface area (Å²) in [4.78, 5) is 16.5. The normalized spacial score (nSPS) is 23.0. The molecule has 3 heterocycles. The third kappa shape index (κ3) is 3.99. The van der Waals surface area contributed by atoms with Gasteiger partial charge < -0.3 is 24.4 Å². The van der Waals surface area contributed by atoms with Gasteiger partial charge in [-0.3, -0.25) is 4.90 Å². The number of piperazine rings is 1. The Morgan fingerprint density at radius 2 is 2.00 bits per heavy atom. The van der Waals surface area contributed by atoms with E-state index < -0.39 is 0 Å². The number of carbonyl (C=O) groups is 1. The molecule has 136 valence electrons. The average Bonchev–Trinajstić information content (AvgIpc) is 3.31. The zero-order valence-corrected chi connectivity index (χ0v) is 14.4. The van der Waals surface area contributed by atoms with Gasteiger partial charge in [-0.15, -0.1) is 0 Å². The summed E-state index contributed by atoms with van der Waals surface area (Å²) in [6.45, 7) is 5.86. The quantitative estimate of drug-likeness (QED) is 0.893. The molecule has 1 aromatic carbocycles. The predicted octanol–water partition coefficient (Wildman–Crippen LogP) is 1.42. The molecule has 3 aliphatic rings. The summed E-state index contributed by atoms with van der Waals surface area (Å²) >= 11 is 0. The molecule has 4 rings (SSSR count). The van der Waals surface area contributed by atoms with Crippen LogP contribution in [0.3, 0.4) is 0 Å². The molecule has 1 unspecified atom stereocenters. The highest BCUT2D eigenvalue weighted by molar-refractivity contribution is 5.74. The fourth-order valence-electron chi connectivity index (χ4n) is 3.52. The first kappa shape index (κ1) is 16.5. The van der Waals surface area contributed by atoms with E-state index in [2.05, 4.69) is 16.3 Å². The van der Waals surface area contributed by atoms with Crippen LogP contribution >= 0.6 is 0 Å². The number of benzene rings is 1. The van der Waals surface area contributed by atoms with Crippen LogP contribution in [0, 0.1) is 0 Å². The van der Waals surface area contributed by atoms with Crippen molar-refractivity contribution < 1.29 is 19.0 Å². The van der Waals surface area contributed by atoms with E-state index in [0.717, 1.165) is 63.7 Å². The Labute approximate surface area is 147 Å². The highest BCUT2D eigenvalue weighted by Crippen LogP contribution is 2.32. The Morgan fingerprint density at radius 3 is 2.80 bits per heavy atom. The van der Waals surface area contributed by atoms with Gasteiger partial charge in [0.05, 0.1) is 6.10 Å². The van der Waals surface area contributed by atoms with Crippen LogP contribution in [0.15, 0.2) is 18.2 Å². The summed E-state index contributed by atoms with van der Waals surface area (Å²) in [5.41, 5.74) is 1.21. The van der Waals surface area contributed by atoms with E-state index >= 15 is 0 Å². The summed E-state index contributed by atoms with van der Waals surface area (Å²) in [5.74, 6) is 1.64. The van der Waals surface area contributed by atoms with E-state index in [9.17, 15) is 4.79 Å². The van der Waals surface area contributed by atoms with E-state index in [4.69, 9.17) is 14.2 Å². The predicted molar refractivity (Wildman–Crippen MR) is 91.8 cm³/mol. The third-order valence-corrected chi connectivity index (χ3v) is 5.01. The minimum Gasteiger partial charge on any atom is -0.454 e. The molecule has 1 aromatic rings. The lowest BCUT2D eigenvalue weighted by Crippen LogP contribution is -2.52. The third-order valence-electron chi connectivity index (χ3n) is 5.01. The van der Waals surface area contributed by atoms with Crippen molar-refractivity contribution in [2.75, 3.05) is 46.1 Å². The summed E-state index contributed by atoms with van der Waals surface area (Å²) in [6, 6.07) is 6.11. The average molecular weight is 347 g/mol. The van der Waals surface area contributed by atoms with E-state index in [1.54, 1.807) is 0 Å². The molecule has 0 aliphatic carbocycles. The fourth-order valence-corrected chi connectivity index (χ4v) is 3.52. The molecule has 0 spiro atoms. The molecular weight excluding hydrogens is 322 g/mol. The van der Waals surface area contributed by atoms with Crippen molar-refractivity contribution in [3.8, 4) is 11.5 Å². The molecule has 7 heteroatoms. The summed E-state index contributed by atoms with van der Waals surface area (Å²) < 4.78 is 16.3. The van der Waals surface area contributed by atoms with Gasteiger partial charge in [0.15, 0.2) is 11.5 Å². The van der Waals surface area contributed by atoms with Gasteiger partial charge in [-0.2, -0.15) is 0 Å². The summed E-state index contributed by atoms with van der Waals surface area (Å²) in [7, 11) is 0. The van der Waals surface area contributed by atoms with Gasteiger partial charge in [0, 0.05) is 45.9 Å². The molecule has 7 nitrogen and oxygen atoms in total. The molecule has 0 aromatic heterocycles. The topological polar surface area (TPSA) is 63.3 Å². The second-order valence-electron chi connectivity index (χ2n) is 6.77. The van der Waals surface area contributed by atoms with Crippen molar-refractivity contribution in [1.82, 2.24) is 15.1 Å². The highest BCUT2D eigenvalue weighted by Gasteiger charge is 2.23. The van der Waals surface area contributed by atoms with E-state index in [0.29, 0.717) is 13.3 Å². The van der Waals surface area contributed by atoms with Gasteiger partial charge >= 0.3 is 6.03 Å². The van der Waals surface area contributed by atoms with E-state index in [1.165, 1.54) is 5.56 Å². The molecule has 1 N–H and O–H groups in total. The Kier molecular flexibility index (Phi) is 4.94. The lowest BCUT2D eigenvalue weighted by molar-refractivity contribution is 0.104. The Balaban J connectivity index is 1.22. The number of rotatable bonds is 4. The van der Waals surface area contributed by atoms with Crippen LogP contribution in [0.2, 0.25) is 0 Å². The maximum Gasteiger partial charge on any atom is 0.317 e. The first-order valence-electron chi connectivity index (χ1n) is 9.03. The standard InChI is InChI=1S/C18H25N3O4/c22-18(19-11-15-2-1-9-23-15)21-7-5-20(6-8-21)12-14-3-4-16-17(10-14)25-13-24-16/h3-4,10,15H,1-2,5-9,11-13H2,(H,19,22). The molecule has 2 amide bonds. The highest BCUT2D eigenvalue weighted by atomic mass is 16.7. The summed E-state index contributed by atoms with van der Waals surface area (Å²) in [5, 5.41) is 3.00. The first-order valence-corrected chi connectivity index (χ1v) is 9.03. The van der Waals surface area contributed by atoms with Crippen molar-refractivity contribution in [3.63, 3.8) is 0 Å². The number of carbonyl (C=O) groups excluding carboxylic acids is 1. The Morgan fingerprint density at radius 1 is 1.16 bits per heavy atom. The van der Waals surface area contributed by atoms with Crippen LogP contribution in [0.25, 0.3) is 0 Å². The van der Waals surface area contributed by atoms with Crippen LogP contribution < -0.4 is 14.8 Å². The maximum absolute atomic E-state index is 12.3. The number of fused-ring (bicyclic) bond motifs is 1. The lowest BCUT2D eigenvalue weighted by Gasteiger charge is -2.34. The van der Waals surface area contributed by atoms with Crippen molar-refractivity contribution in [2.45, 2.75) is 25.5 Å². The van der Waals surface area contributed by atoms with E-state index in [-0.39, 0.29) is 12.1 Å². The monoisotopic (exact) mass is 347 g/mol. The number of ether oxygens (including phenoxy) is 3. The number of urea groups is 1. The number of hydrogen-bond acceptors (Lipinski definition) is 5. The first-order chi connectivity index (χ1) is 12.3. The summed E-state index contributed by atoms with van der Waals surface area (Å²) in [6.07, 6.45) is 2.33. The smallest absolute Gasteiger partial charge is 0.317 e. The van der Waals surface area contributed by atoms with Gasteiger partial charge in [-0.25, -0.2) is 4.79 Å². The molecule has 0 radical (unpaired) electrons. The zero-order chi connectivity index (χ0) is 17.1. The maximum atomic E-state index is 12.3. The van der Waals surface area contributed by atoms with Gasteiger partial charge in [-0.05, 0) is 30.5 Å². The molecular formula is C18H25N3O4. The van der Waals surface area contributed by atoms with Crippen molar-refractivity contribution in [3.05, 3.63) is 23.8 Å². The van der Waals surface area contributed by atoms with Crippen molar-refractivity contribution in [1.29, 1.82) is 0 Å². The van der Waals surface area contributed by atoms with Gasteiger partial charge in [0.1, 0.15) is 0 Å². The number of nitrogens with one attached hydrogen (secondary N) is 1. The molecule has 0 bridgehead atoms. The van der Waals surface area contributed by atoms with E-state index in [1.807, 2.05) is 17.0 Å². The molecule has 3 aliphatic heterocycles. The lowest BCUT2D eigenvalue weighted by atomic mass is 10.1. The SMILES string of the molecule is O=C(NCC1CCCO1)N1CCN(Cc2ccc3c(c2)OCO3)CC1. The number of nitrogens with zero attached hydrogens (tertiary/aromatic N) is 2. The molecule has 0 saturated carbocycles. The largest absolute Gasteiger partial charge is 0.454 e. The fraction of sp³-hybridized carbons (Fsp3) is 0.611. The van der Waals surface area contributed by atoms with Crippen LogP contribution in [0.1, 0.15) is 18.4 Å². The van der Waals surface area contributed by atoms with Crippen LogP contribution in [-0.2, 0) is 11.3 Å². The van der Waals surface area contributed by atoms with Crippen LogP contribution in [-0.4, -0.2) is 68.1 Å². The zero-order valence-electron chi connectivity index (χ0n) is 14.4. The van der Waals surface area contributed by atoms with Crippen LogP contribution in [0.4, 0.5) is 4.79 Å². The minimum absolute atomic E-state index is 0.0261. The van der Waals surface area contributed by atoms with Gasteiger partial charge in [0.25, 0.3) is 0 Å². The van der Waals surface area contributed by atoms with Crippen molar-refractivity contribution in [2.24, 2.45) is 0 Å². The second-order valence-corrected chi connectivity index (χ2v) is 6.77. The number of amides is 2. The molecule has 2 fully saturated rings. The van der Waals surface area contributed by atoms with Crippen molar-refractivity contribution >= 4 is 6.03 Å². The minimum atomic E-state index is 0.0261. The van der Waals surface area contributed by atoms with Gasteiger partial charge in [-0.1, -0.05) is 6.07 Å². The number of hydrogen-bond donors (Lipinski definition) is 1. The van der Waals surface area contributed by atoms with Crippen LogP contribution in [0.5, 0.6) is 11.5 Å². The Bertz CT molecular complexity index is 610. The molecule has 2 saturated heterocycles. The Hall–Kier alpha value is -1.99. The molecule has 1 atom stereocenters. The second kappa shape index (κ2) is 7.49.